The maximum atomic E-state index is 13.2. The summed E-state index contributed by atoms with van der Waals surface area (Å²) in [6.45, 7) is 3.23. The smallest absolute Gasteiger partial charge is 0.261 e. The molecule has 1 aromatic heterocycles. The molecule has 152 valence electrons. The molecule has 0 fully saturated rings. The molecule has 2 rings (SSSR count). The summed E-state index contributed by atoms with van der Waals surface area (Å²) in [6.07, 6.45) is 2.20. The second-order valence-electron chi connectivity index (χ2n) is 5.70. The monoisotopic (exact) mass is 407 g/mol. The highest BCUT2D eigenvalue weighted by Gasteiger charge is 2.25. The van der Waals surface area contributed by atoms with E-state index in [1.165, 1.54) is 30.5 Å². The van der Waals surface area contributed by atoms with Crippen molar-refractivity contribution in [1.82, 2.24) is 9.88 Å². The fourth-order valence-corrected chi connectivity index (χ4v) is 3.14. The summed E-state index contributed by atoms with van der Waals surface area (Å²) < 4.78 is 16.0. The third-order valence-electron chi connectivity index (χ3n) is 3.86. The quantitative estimate of drug-likeness (QED) is 0.576. The summed E-state index contributed by atoms with van der Waals surface area (Å²) in [4.78, 5) is 31.2. The Labute approximate surface area is 168 Å². The third-order valence-corrected chi connectivity index (χ3v) is 4.55. The number of rotatable bonds is 11. The molecule has 0 aliphatic carbocycles. The highest BCUT2D eigenvalue weighted by atomic mass is 32.1. The molecule has 1 aromatic carbocycles. The first-order chi connectivity index (χ1) is 13.6. The van der Waals surface area contributed by atoms with Crippen LogP contribution >= 0.6 is 11.3 Å². The number of carbonyl (C=O) groups excluding carboxylic acids is 2. The van der Waals surface area contributed by atoms with Crippen LogP contribution in [0.15, 0.2) is 29.8 Å². The summed E-state index contributed by atoms with van der Waals surface area (Å²) in [5, 5.41) is 4.95. The topological polar surface area (TPSA) is 90.0 Å². The van der Waals surface area contributed by atoms with E-state index in [0.717, 1.165) is 0 Å². The van der Waals surface area contributed by atoms with Crippen LogP contribution in [-0.4, -0.2) is 62.2 Å². The van der Waals surface area contributed by atoms with Gasteiger partial charge < -0.3 is 24.4 Å². The van der Waals surface area contributed by atoms with E-state index in [1.807, 2.05) is 6.92 Å². The fraction of sp³-hybridized carbons (Fsp3) is 0.421. The number of hydrogen-bond donors (Lipinski definition) is 1. The molecule has 0 saturated carbocycles. The van der Waals surface area contributed by atoms with Crippen LogP contribution in [0, 0.1) is 0 Å². The van der Waals surface area contributed by atoms with E-state index in [4.69, 9.17) is 14.2 Å². The van der Waals surface area contributed by atoms with Gasteiger partial charge in [-0.25, -0.2) is 4.98 Å². The van der Waals surface area contributed by atoms with Crippen LogP contribution in [0.25, 0.3) is 0 Å². The lowest BCUT2D eigenvalue weighted by Crippen LogP contribution is -2.39. The van der Waals surface area contributed by atoms with Crippen LogP contribution in [0.2, 0.25) is 0 Å². The summed E-state index contributed by atoms with van der Waals surface area (Å²) in [5.41, 5.74) is 0.283. The summed E-state index contributed by atoms with van der Waals surface area (Å²) in [5.74, 6) is 0.104. The molecule has 8 nitrogen and oxygen atoms in total. The summed E-state index contributed by atoms with van der Waals surface area (Å²) in [7, 11) is 2.97. The summed E-state index contributed by atoms with van der Waals surface area (Å²) in [6, 6.07) is 5.11. The Hall–Kier alpha value is -2.65. The van der Waals surface area contributed by atoms with Crippen LogP contribution in [0.4, 0.5) is 5.13 Å². The molecule has 28 heavy (non-hydrogen) atoms. The molecule has 0 unspecified atom stereocenters. The van der Waals surface area contributed by atoms with Crippen molar-refractivity contribution in [3.63, 3.8) is 0 Å². The molecule has 0 saturated heterocycles. The van der Waals surface area contributed by atoms with Crippen molar-refractivity contribution in [3.05, 3.63) is 35.3 Å². The highest BCUT2D eigenvalue weighted by molar-refractivity contribution is 7.13. The number of nitrogens with zero attached hydrogens (tertiary/aromatic N) is 2. The number of methoxy groups -OCH3 is 2. The summed E-state index contributed by atoms with van der Waals surface area (Å²) >= 11 is 1.31. The van der Waals surface area contributed by atoms with Crippen molar-refractivity contribution in [2.24, 2.45) is 0 Å². The number of benzene rings is 1. The molecule has 9 heteroatoms. The first-order valence-electron chi connectivity index (χ1n) is 8.88. The molecular weight excluding hydrogens is 382 g/mol. The minimum Gasteiger partial charge on any atom is -0.496 e. The number of ether oxygens (including phenoxy) is 3. The number of hydrogen-bond acceptors (Lipinski definition) is 7. The molecule has 0 atom stereocenters. The largest absolute Gasteiger partial charge is 0.496 e. The van der Waals surface area contributed by atoms with Crippen LogP contribution in [-0.2, 0) is 9.53 Å². The van der Waals surface area contributed by atoms with Gasteiger partial charge in [0.1, 0.15) is 23.6 Å². The SMILES string of the molecule is CCOCCCN(CC(=O)Nc1nccs1)C(=O)c1c(OC)cccc1OC. The lowest BCUT2D eigenvalue weighted by atomic mass is 10.1. The number of anilines is 1. The van der Waals surface area contributed by atoms with E-state index in [0.29, 0.717) is 42.8 Å². The van der Waals surface area contributed by atoms with E-state index in [1.54, 1.807) is 29.8 Å². The van der Waals surface area contributed by atoms with E-state index in [-0.39, 0.29) is 23.9 Å². The zero-order chi connectivity index (χ0) is 20.4. The second kappa shape index (κ2) is 11.3. The first-order valence-corrected chi connectivity index (χ1v) is 9.76. The zero-order valence-electron chi connectivity index (χ0n) is 16.3. The Morgan fingerprint density at radius 3 is 2.50 bits per heavy atom. The Kier molecular flexibility index (Phi) is 8.70. The zero-order valence-corrected chi connectivity index (χ0v) is 17.1. The van der Waals surface area contributed by atoms with Crippen molar-refractivity contribution in [2.75, 3.05) is 45.8 Å². The number of thiazole rings is 1. The maximum Gasteiger partial charge on any atom is 0.261 e. The van der Waals surface area contributed by atoms with Crippen molar-refractivity contribution in [3.8, 4) is 11.5 Å². The lowest BCUT2D eigenvalue weighted by Gasteiger charge is -2.24. The minimum absolute atomic E-state index is 0.119. The average Bonchev–Trinajstić information content (AvgIpc) is 3.21. The van der Waals surface area contributed by atoms with Crippen molar-refractivity contribution in [2.45, 2.75) is 13.3 Å². The van der Waals surface area contributed by atoms with Gasteiger partial charge in [-0.3, -0.25) is 9.59 Å². The van der Waals surface area contributed by atoms with Gasteiger partial charge in [-0.1, -0.05) is 6.07 Å². The Morgan fingerprint density at radius 1 is 1.21 bits per heavy atom. The number of nitrogens with one attached hydrogen (secondary N) is 1. The molecule has 2 amide bonds. The molecule has 1 heterocycles. The van der Waals surface area contributed by atoms with Crippen LogP contribution in [0.5, 0.6) is 11.5 Å². The van der Waals surface area contributed by atoms with Gasteiger partial charge in [-0.05, 0) is 25.5 Å². The van der Waals surface area contributed by atoms with Crippen molar-refractivity contribution >= 4 is 28.3 Å². The van der Waals surface area contributed by atoms with E-state index < -0.39 is 0 Å². The number of aromatic nitrogens is 1. The molecule has 1 N–H and O–H groups in total. The van der Waals surface area contributed by atoms with E-state index in [2.05, 4.69) is 10.3 Å². The lowest BCUT2D eigenvalue weighted by molar-refractivity contribution is -0.117. The highest BCUT2D eigenvalue weighted by Crippen LogP contribution is 2.29. The Balaban J connectivity index is 2.20. The van der Waals surface area contributed by atoms with Gasteiger partial charge in [0.2, 0.25) is 5.91 Å². The van der Waals surface area contributed by atoms with Gasteiger partial charge >= 0.3 is 0 Å². The van der Waals surface area contributed by atoms with Gasteiger partial charge in [0.05, 0.1) is 14.2 Å². The predicted octanol–water partition coefficient (Wildman–Crippen LogP) is 2.67. The normalized spacial score (nSPS) is 10.4. The minimum atomic E-state index is -0.347. The maximum absolute atomic E-state index is 13.2. The van der Waals surface area contributed by atoms with Gasteiger partial charge in [0, 0.05) is 31.3 Å². The molecule has 0 aliphatic heterocycles. The first kappa shape index (κ1) is 21.6. The Bertz CT molecular complexity index is 745. The van der Waals surface area contributed by atoms with Crippen LogP contribution in [0.1, 0.15) is 23.7 Å². The number of amides is 2. The van der Waals surface area contributed by atoms with Gasteiger partial charge in [0.15, 0.2) is 5.13 Å². The van der Waals surface area contributed by atoms with E-state index in [9.17, 15) is 9.59 Å². The standard InChI is InChI=1S/C19H25N3O5S/c1-4-27-11-6-10-22(13-16(23)21-19-20-9-12-28-19)18(24)17-14(25-2)7-5-8-15(17)26-3/h5,7-9,12H,4,6,10-11,13H2,1-3H3,(H,20,21,23). The van der Waals surface area contributed by atoms with Crippen LogP contribution < -0.4 is 14.8 Å². The number of carbonyl (C=O) groups is 2. The van der Waals surface area contributed by atoms with Crippen molar-refractivity contribution < 1.29 is 23.8 Å². The van der Waals surface area contributed by atoms with Gasteiger partial charge in [-0.2, -0.15) is 0 Å². The molecule has 0 bridgehead atoms. The van der Waals surface area contributed by atoms with Gasteiger partial charge in [0.25, 0.3) is 5.91 Å². The second-order valence-corrected chi connectivity index (χ2v) is 6.59. The van der Waals surface area contributed by atoms with E-state index >= 15 is 0 Å². The average molecular weight is 407 g/mol. The molecule has 0 radical (unpaired) electrons. The molecule has 0 spiro atoms. The third kappa shape index (κ3) is 5.93. The molecule has 0 aliphatic rings. The Morgan fingerprint density at radius 2 is 1.93 bits per heavy atom. The molecular formula is C19H25N3O5S. The van der Waals surface area contributed by atoms with Gasteiger partial charge in [-0.15, -0.1) is 11.3 Å². The predicted molar refractivity (Wildman–Crippen MR) is 107 cm³/mol. The molecule has 2 aromatic rings. The fourth-order valence-electron chi connectivity index (χ4n) is 2.59. The van der Waals surface area contributed by atoms with Crippen molar-refractivity contribution in [1.29, 1.82) is 0 Å². The van der Waals surface area contributed by atoms with Crippen LogP contribution in [0.3, 0.4) is 0 Å².